The van der Waals surface area contributed by atoms with Gasteiger partial charge in [-0.1, -0.05) is 91.0 Å². The van der Waals surface area contributed by atoms with Gasteiger partial charge < -0.3 is 0 Å². The monoisotopic (exact) mass is 557 g/mol. The Kier molecular flexibility index (Phi) is 4.21. The summed E-state index contributed by atoms with van der Waals surface area (Å²) in [7, 11) is 0. The summed E-state index contributed by atoms with van der Waals surface area (Å²) in [6.45, 7) is 0. The van der Waals surface area contributed by atoms with Crippen molar-refractivity contribution in [1.82, 2.24) is 14.5 Å². The molecule has 0 aliphatic carbocycles. The largest absolute Gasteiger partial charge is 0.276 e. The van der Waals surface area contributed by atoms with Crippen molar-refractivity contribution in [2.45, 2.75) is 0 Å². The summed E-state index contributed by atoms with van der Waals surface area (Å²) in [5.41, 5.74) is 5.44. The molecule has 0 aliphatic heterocycles. The Balaban J connectivity index is 1.45. The van der Waals surface area contributed by atoms with Crippen LogP contribution in [0.3, 0.4) is 0 Å². The fourth-order valence-electron chi connectivity index (χ4n) is 6.60. The fourth-order valence-corrected chi connectivity index (χ4v) is 8.98. The molecule has 0 bridgehead atoms. The quantitative estimate of drug-likeness (QED) is 0.198. The van der Waals surface area contributed by atoms with Crippen LogP contribution in [0.25, 0.3) is 90.3 Å². The lowest BCUT2D eigenvalue weighted by molar-refractivity contribution is 1.02. The SMILES string of the molecule is c1ccc(-c2nc(-n3c4cccc5ccc6cc7c8ccccc8sc7c3c6c54)nc3c2sc2ccccc23)cc1. The van der Waals surface area contributed by atoms with Gasteiger partial charge in [0.05, 0.1) is 31.6 Å². The molecule has 0 spiro atoms. The van der Waals surface area contributed by atoms with Crippen molar-refractivity contribution >= 4 is 95.7 Å². The lowest BCUT2D eigenvalue weighted by Gasteiger charge is -2.10. The van der Waals surface area contributed by atoms with Crippen LogP contribution in [-0.2, 0) is 0 Å². The molecule has 0 unspecified atom stereocenters. The summed E-state index contributed by atoms with van der Waals surface area (Å²) >= 11 is 3.64. The van der Waals surface area contributed by atoms with Crippen molar-refractivity contribution in [1.29, 1.82) is 0 Å². The van der Waals surface area contributed by atoms with Gasteiger partial charge in [-0.05, 0) is 35.0 Å². The van der Waals surface area contributed by atoms with E-state index in [0.717, 1.165) is 32.9 Å². The first-order valence-electron chi connectivity index (χ1n) is 13.7. The van der Waals surface area contributed by atoms with Gasteiger partial charge >= 0.3 is 0 Å². The molecule has 6 aromatic carbocycles. The highest BCUT2D eigenvalue weighted by atomic mass is 32.1. The minimum Gasteiger partial charge on any atom is -0.276 e. The molecule has 0 aliphatic rings. The smallest absolute Gasteiger partial charge is 0.235 e. The van der Waals surface area contributed by atoms with Gasteiger partial charge in [-0.2, -0.15) is 0 Å². The highest BCUT2D eigenvalue weighted by Crippen LogP contribution is 2.47. The number of thiophene rings is 2. The van der Waals surface area contributed by atoms with Gasteiger partial charge in [-0.25, -0.2) is 9.97 Å². The van der Waals surface area contributed by atoms with Crippen molar-refractivity contribution in [3.05, 3.63) is 115 Å². The average molecular weight is 558 g/mol. The van der Waals surface area contributed by atoms with Gasteiger partial charge in [-0.3, -0.25) is 4.57 Å². The topological polar surface area (TPSA) is 30.7 Å². The molecule has 190 valence electrons. The molecule has 0 N–H and O–H groups in total. The molecular weight excluding hydrogens is 539 g/mol. The summed E-state index contributed by atoms with van der Waals surface area (Å²) < 4.78 is 7.27. The molecule has 0 fully saturated rings. The maximum absolute atomic E-state index is 5.40. The van der Waals surface area contributed by atoms with Crippen LogP contribution in [0.2, 0.25) is 0 Å². The first kappa shape index (κ1) is 21.9. The Morgan fingerprint density at radius 2 is 1.27 bits per heavy atom. The standard InChI is InChI=1S/C36H19N3S2/c1-2-9-21(10-3-1)31-35-32(24-13-5-7-16-28(24)41-35)38-36(37-31)39-26-14-8-11-20-17-18-22-19-25-23-12-4-6-15-27(23)40-34(25)33(39)30(22)29(20)26/h1-19H. The van der Waals surface area contributed by atoms with Gasteiger partial charge in [0, 0.05) is 41.9 Å². The fraction of sp³-hybridized carbons (Fsp3) is 0. The van der Waals surface area contributed by atoms with Crippen LogP contribution in [-0.4, -0.2) is 14.5 Å². The third-order valence-corrected chi connectivity index (χ3v) is 10.7. The van der Waals surface area contributed by atoms with Crippen molar-refractivity contribution in [2.24, 2.45) is 0 Å². The summed E-state index contributed by atoms with van der Waals surface area (Å²) in [6, 6.07) is 41.3. The molecule has 0 radical (unpaired) electrons. The molecule has 4 aromatic heterocycles. The van der Waals surface area contributed by atoms with E-state index in [0.29, 0.717) is 0 Å². The second kappa shape index (κ2) is 7.88. The molecule has 4 heterocycles. The van der Waals surface area contributed by atoms with Crippen LogP contribution < -0.4 is 0 Å². The van der Waals surface area contributed by atoms with Gasteiger partial charge in [0.15, 0.2) is 0 Å². The van der Waals surface area contributed by atoms with Gasteiger partial charge in [0.25, 0.3) is 0 Å². The van der Waals surface area contributed by atoms with Crippen LogP contribution in [0.1, 0.15) is 0 Å². The Labute approximate surface area is 241 Å². The van der Waals surface area contributed by atoms with Gasteiger partial charge in [0.2, 0.25) is 5.95 Å². The van der Waals surface area contributed by atoms with Crippen molar-refractivity contribution in [2.75, 3.05) is 0 Å². The van der Waals surface area contributed by atoms with E-state index in [2.05, 4.69) is 120 Å². The number of hydrogen-bond acceptors (Lipinski definition) is 4. The average Bonchev–Trinajstić information content (AvgIpc) is 3.70. The number of rotatable bonds is 2. The van der Waals surface area contributed by atoms with Gasteiger partial charge in [0.1, 0.15) is 0 Å². The molecule has 0 atom stereocenters. The second-order valence-corrected chi connectivity index (χ2v) is 12.7. The van der Waals surface area contributed by atoms with Crippen LogP contribution in [0.15, 0.2) is 115 Å². The highest BCUT2D eigenvalue weighted by molar-refractivity contribution is 7.27. The molecule has 10 aromatic rings. The van der Waals surface area contributed by atoms with E-state index in [-0.39, 0.29) is 0 Å². The zero-order chi connectivity index (χ0) is 26.7. The van der Waals surface area contributed by atoms with Crippen LogP contribution in [0, 0.1) is 0 Å². The second-order valence-electron chi connectivity index (χ2n) is 10.6. The molecule has 3 nitrogen and oxygen atoms in total. The Morgan fingerprint density at radius 1 is 0.537 bits per heavy atom. The van der Waals surface area contributed by atoms with E-state index < -0.39 is 0 Å². The number of aromatic nitrogens is 3. The normalized spacial score (nSPS) is 12.4. The summed E-state index contributed by atoms with van der Waals surface area (Å²) in [5.74, 6) is 0.717. The number of nitrogens with zero attached hydrogens (tertiary/aromatic N) is 3. The molecule has 41 heavy (non-hydrogen) atoms. The zero-order valence-corrected chi connectivity index (χ0v) is 23.3. The molecule has 5 heteroatoms. The van der Waals surface area contributed by atoms with E-state index in [1.807, 2.05) is 11.3 Å². The maximum atomic E-state index is 5.40. The molecule has 10 rings (SSSR count). The highest BCUT2D eigenvalue weighted by Gasteiger charge is 2.24. The third-order valence-electron chi connectivity index (χ3n) is 8.36. The Hall–Kier alpha value is -4.84. The zero-order valence-electron chi connectivity index (χ0n) is 21.6. The van der Waals surface area contributed by atoms with Crippen molar-refractivity contribution < 1.29 is 0 Å². The molecule has 0 saturated heterocycles. The summed E-state index contributed by atoms with van der Waals surface area (Å²) in [6.07, 6.45) is 0. The third kappa shape index (κ3) is 2.87. The summed E-state index contributed by atoms with van der Waals surface area (Å²) in [5, 5.41) is 8.82. The van der Waals surface area contributed by atoms with Crippen LogP contribution in [0.5, 0.6) is 0 Å². The van der Waals surface area contributed by atoms with Crippen molar-refractivity contribution in [3.8, 4) is 17.2 Å². The van der Waals surface area contributed by atoms with Crippen molar-refractivity contribution in [3.63, 3.8) is 0 Å². The number of benzene rings is 6. The first-order chi connectivity index (χ1) is 20.3. The Bertz CT molecular complexity index is 2640. The van der Waals surface area contributed by atoms with E-state index in [1.54, 1.807) is 11.3 Å². The predicted octanol–water partition coefficient (Wildman–Crippen LogP) is 10.6. The van der Waals surface area contributed by atoms with E-state index in [9.17, 15) is 0 Å². The van der Waals surface area contributed by atoms with E-state index in [4.69, 9.17) is 9.97 Å². The molecule has 0 saturated carbocycles. The van der Waals surface area contributed by atoms with Crippen LogP contribution >= 0.6 is 22.7 Å². The van der Waals surface area contributed by atoms with E-state index in [1.165, 1.54) is 57.3 Å². The number of hydrogen-bond donors (Lipinski definition) is 0. The van der Waals surface area contributed by atoms with Gasteiger partial charge in [-0.15, -0.1) is 22.7 Å². The predicted molar refractivity (Wildman–Crippen MR) is 176 cm³/mol. The lowest BCUT2D eigenvalue weighted by Crippen LogP contribution is -2.02. The lowest BCUT2D eigenvalue weighted by atomic mass is 10.00. The number of fused-ring (bicyclic) bond motifs is 7. The molecular formula is C36H19N3S2. The van der Waals surface area contributed by atoms with E-state index >= 15 is 0 Å². The minimum atomic E-state index is 0.717. The maximum Gasteiger partial charge on any atom is 0.235 e. The summed E-state index contributed by atoms with van der Waals surface area (Å²) in [4.78, 5) is 10.8. The Morgan fingerprint density at radius 3 is 2.15 bits per heavy atom. The van der Waals surface area contributed by atoms with Crippen LogP contribution in [0.4, 0.5) is 0 Å². The molecule has 0 amide bonds. The first-order valence-corrected chi connectivity index (χ1v) is 15.3. The minimum absolute atomic E-state index is 0.717.